The molecule has 51 heavy (non-hydrogen) atoms. The summed E-state index contributed by atoms with van der Waals surface area (Å²) in [7, 11) is 0. The summed E-state index contributed by atoms with van der Waals surface area (Å²) >= 11 is 0. The summed E-state index contributed by atoms with van der Waals surface area (Å²) in [6.07, 6.45) is 6.59. The summed E-state index contributed by atoms with van der Waals surface area (Å²) in [5.41, 5.74) is 8.12. The van der Waals surface area contributed by atoms with Gasteiger partial charge in [-0.15, -0.1) is 0 Å². The van der Waals surface area contributed by atoms with Crippen molar-refractivity contribution >= 4 is 55.0 Å². The minimum Gasteiger partial charge on any atom is -0.313 e. The quantitative estimate of drug-likeness (QED) is 0.183. The third kappa shape index (κ3) is 4.18. The third-order valence-corrected chi connectivity index (χ3v) is 10.4. The van der Waals surface area contributed by atoms with Crippen LogP contribution in [0.15, 0.2) is 188 Å². The van der Waals surface area contributed by atoms with E-state index >= 15 is 0 Å². The number of anilines is 2. The second-order valence-corrected chi connectivity index (χ2v) is 13.0. The van der Waals surface area contributed by atoms with Crippen molar-refractivity contribution in [2.45, 2.75) is 12.3 Å². The average molecular weight is 661 g/mol. The molecule has 0 fully saturated rings. The van der Waals surface area contributed by atoms with E-state index in [-0.39, 0.29) is 34.8 Å². The van der Waals surface area contributed by atoms with Gasteiger partial charge < -0.3 is 14.0 Å². The highest BCUT2D eigenvalue weighted by atomic mass is 15.2. The van der Waals surface area contributed by atoms with Gasteiger partial charge in [-0.05, 0) is 89.8 Å². The molecule has 2 aliphatic rings. The Bertz CT molecular complexity index is 3350. The van der Waals surface area contributed by atoms with Crippen molar-refractivity contribution < 1.29 is 12.3 Å². The normalized spacial score (nSPS) is 17.6. The van der Waals surface area contributed by atoms with E-state index in [2.05, 4.69) is 106 Å². The molecule has 3 heterocycles. The predicted molar refractivity (Wildman–Crippen MR) is 214 cm³/mol. The fourth-order valence-electron chi connectivity index (χ4n) is 8.21. The Morgan fingerprint density at radius 3 is 1.86 bits per heavy atom. The van der Waals surface area contributed by atoms with E-state index in [1.54, 1.807) is 4.90 Å². The molecule has 2 aromatic heterocycles. The molecule has 7 aromatic carbocycles. The maximum Gasteiger partial charge on any atom is 0.0651 e. The van der Waals surface area contributed by atoms with Crippen LogP contribution in [-0.4, -0.2) is 9.13 Å². The zero-order valence-electron chi connectivity index (χ0n) is 36.3. The zero-order valence-corrected chi connectivity index (χ0v) is 27.3. The van der Waals surface area contributed by atoms with E-state index in [0.717, 1.165) is 55.5 Å². The summed E-state index contributed by atoms with van der Waals surface area (Å²) in [5.74, 6) is -0.168. The molecule has 3 heteroatoms. The van der Waals surface area contributed by atoms with Crippen LogP contribution in [0.1, 0.15) is 30.2 Å². The van der Waals surface area contributed by atoms with E-state index in [4.69, 9.17) is 9.60 Å². The minimum atomic E-state index is -0.598. The molecule has 0 bridgehead atoms. The first kappa shape index (κ1) is 20.8. The summed E-state index contributed by atoms with van der Waals surface area (Å²) in [4.78, 5) is 1.79. The summed E-state index contributed by atoms with van der Waals surface area (Å²) < 4.78 is 83.2. The van der Waals surface area contributed by atoms with Crippen LogP contribution in [0, 0.1) is 0 Å². The lowest BCUT2D eigenvalue weighted by molar-refractivity contribution is 0.819. The number of rotatable bonds is 4. The maximum absolute atomic E-state index is 9.53. The number of allylic oxidation sites excluding steroid dienone is 4. The maximum atomic E-state index is 9.53. The first-order valence-corrected chi connectivity index (χ1v) is 17.1. The van der Waals surface area contributed by atoms with E-state index in [1.807, 2.05) is 30.4 Å². The van der Waals surface area contributed by atoms with Crippen LogP contribution in [0.2, 0.25) is 0 Å². The van der Waals surface area contributed by atoms with Gasteiger partial charge >= 0.3 is 0 Å². The number of fused-ring (bicyclic) bond motifs is 9. The largest absolute Gasteiger partial charge is 0.313 e. The fraction of sp³-hybridized carbons (Fsp3) is 0.0417. The van der Waals surface area contributed by atoms with Crippen LogP contribution in [0.3, 0.4) is 0 Å². The van der Waals surface area contributed by atoms with Crippen molar-refractivity contribution in [3.05, 3.63) is 193 Å². The smallest absolute Gasteiger partial charge is 0.0651 e. The molecule has 0 saturated heterocycles. The molecule has 0 saturated carbocycles. The molecule has 0 radical (unpaired) electrons. The van der Waals surface area contributed by atoms with Gasteiger partial charge in [-0.25, -0.2) is 0 Å². The Hall–Kier alpha value is -6.58. The summed E-state index contributed by atoms with van der Waals surface area (Å²) in [6, 6.07) is 33.4. The number of hydrogen-bond donors (Lipinski definition) is 0. The Labute approximate surface area is 308 Å². The number of nitrogens with zero attached hydrogens (tertiary/aromatic N) is 3. The molecule has 0 amide bonds. The van der Waals surface area contributed by atoms with E-state index in [9.17, 15) is 2.74 Å². The van der Waals surface area contributed by atoms with E-state index in [0.29, 0.717) is 12.1 Å². The highest BCUT2D eigenvalue weighted by molar-refractivity contribution is 6.12. The van der Waals surface area contributed by atoms with Crippen LogP contribution in [0.5, 0.6) is 0 Å². The van der Waals surface area contributed by atoms with Gasteiger partial charge in [0.1, 0.15) is 0 Å². The average Bonchev–Trinajstić information content (AvgIpc) is 3.91. The van der Waals surface area contributed by atoms with Gasteiger partial charge in [0.2, 0.25) is 0 Å². The molecule has 0 spiro atoms. The van der Waals surface area contributed by atoms with Crippen molar-refractivity contribution in [2.75, 3.05) is 4.90 Å². The first-order valence-electron chi connectivity index (χ1n) is 21.6. The zero-order chi connectivity index (χ0) is 41.3. The molecule has 1 aliphatic carbocycles. The van der Waals surface area contributed by atoms with Crippen molar-refractivity contribution in [3.63, 3.8) is 0 Å². The first-order chi connectivity index (χ1) is 29.1. The molecular formula is C48H33N3. The molecule has 1 aliphatic heterocycles. The molecule has 11 rings (SSSR count). The van der Waals surface area contributed by atoms with Gasteiger partial charge in [0, 0.05) is 55.9 Å². The SMILES string of the molecule is [2H]c1c([2H])c([2H])c(-c2c([2H])c([2H])c([2H])c(N3C4=CC=CCC4c4cc(-n5c6ccccc6c6ccc(-n7c8ccccc8c8ccccc87)cc65)ccc43)c2[2H])c([2H])c1[2H]. The topological polar surface area (TPSA) is 13.1 Å². The standard InChI is InChI=1S/C48H33N3/c1-2-13-32(14-3-1)33-15-12-16-34(29-33)49-46-24-11-7-20-40(46)42-30-35(26-28-47(42)49)51-45-23-10-6-19-39(45)41-27-25-36(31-48(41)51)50-43-21-8-4-17-37(43)38-18-5-9-22-44(38)50/h1-19,21-31,40H,20H2/i1D,2D,3D,12D,13D,14D,15D,16D,29D. The molecule has 0 N–H and O–H groups in total. The van der Waals surface area contributed by atoms with Crippen LogP contribution >= 0.6 is 0 Å². The molecule has 3 nitrogen and oxygen atoms in total. The van der Waals surface area contributed by atoms with Crippen molar-refractivity contribution in [1.82, 2.24) is 9.13 Å². The summed E-state index contributed by atoms with van der Waals surface area (Å²) in [5, 5.41) is 4.59. The highest BCUT2D eigenvalue weighted by Gasteiger charge is 2.35. The molecule has 1 atom stereocenters. The Balaban J connectivity index is 1.13. The lowest BCUT2D eigenvalue weighted by atomic mass is 9.92. The van der Waals surface area contributed by atoms with Gasteiger partial charge in [-0.3, -0.25) is 0 Å². The van der Waals surface area contributed by atoms with E-state index in [1.165, 1.54) is 10.8 Å². The lowest BCUT2D eigenvalue weighted by Crippen LogP contribution is -2.14. The van der Waals surface area contributed by atoms with Crippen LogP contribution in [0.4, 0.5) is 11.4 Å². The predicted octanol–water partition coefficient (Wildman–Crippen LogP) is 12.6. The van der Waals surface area contributed by atoms with Crippen LogP contribution in [0.25, 0.3) is 66.1 Å². The fourth-order valence-corrected chi connectivity index (χ4v) is 8.21. The number of aromatic nitrogens is 2. The molecular weight excluding hydrogens is 619 g/mol. The highest BCUT2D eigenvalue weighted by Crippen LogP contribution is 2.52. The number of para-hydroxylation sites is 3. The van der Waals surface area contributed by atoms with Crippen LogP contribution < -0.4 is 4.90 Å². The second kappa shape index (κ2) is 11.0. The Morgan fingerprint density at radius 2 is 1.14 bits per heavy atom. The van der Waals surface area contributed by atoms with Gasteiger partial charge in [-0.1, -0.05) is 115 Å². The van der Waals surface area contributed by atoms with Gasteiger partial charge in [-0.2, -0.15) is 0 Å². The second-order valence-electron chi connectivity index (χ2n) is 13.0. The lowest BCUT2D eigenvalue weighted by Gasteiger charge is -2.25. The molecule has 240 valence electrons. The Morgan fingerprint density at radius 1 is 0.529 bits per heavy atom. The van der Waals surface area contributed by atoms with Crippen LogP contribution in [-0.2, 0) is 0 Å². The van der Waals surface area contributed by atoms with E-state index < -0.39 is 42.3 Å². The minimum absolute atomic E-state index is 0.0172. The Kier molecular flexibility index (Phi) is 4.48. The molecule has 9 aromatic rings. The van der Waals surface area contributed by atoms with Gasteiger partial charge in [0.15, 0.2) is 0 Å². The monoisotopic (exact) mass is 660 g/mol. The molecule has 1 unspecified atom stereocenters. The van der Waals surface area contributed by atoms with Crippen molar-refractivity contribution in [1.29, 1.82) is 0 Å². The van der Waals surface area contributed by atoms with Gasteiger partial charge in [0.05, 0.1) is 34.4 Å². The number of benzene rings is 7. The van der Waals surface area contributed by atoms with Crippen molar-refractivity contribution in [3.8, 4) is 22.5 Å². The van der Waals surface area contributed by atoms with Crippen molar-refractivity contribution in [2.24, 2.45) is 0 Å². The van der Waals surface area contributed by atoms with Gasteiger partial charge in [0.25, 0.3) is 0 Å². The summed E-state index contributed by atoms with van der Waals surface area (Å²) in [6.45, 7) is 0. The third-order valence-electron chi connectivity index (χ3n) is 10.4. The number of hydrogen-bond acceptors (Lipinski definition) is 1.